The molecule has 2 saturated heterocycles. The lowest BCUT2D eigenvalue weighted by Crippen LogP contribution is -2.53. The molecule has 3 aliphatic rings. The van der Waals surface area contributed by atoms with Gasteiger partial charge < -0.3 is 15.1 Å². The number of hydrogen-bond acceptors (Lipinski definition) is 6. The number of likely N-dealkylation sites (N-methyl/N-ethyl adjacent to an activating group) is 1. The van der Waals surface area contributed by atoms with Gasteiger partial charge in [0.2, 0.25) is 11.8 Å². The summed E-state index contributed by atoms with van der Waals surface area (Å²) >= 11 is 0. The van der Waals surface area contributed by atoms with E-state index in [1.54, 1.807) is 6.08 Å². The molecule has 210 valence electrons. The number of nitrogens with zero attached hydrogens (tertiary/aromatic N) is 3. The van der Waals surface area contributed by atoms with E-state index in [0.29, 0.717) is 17.7 Å². The number of rotatable bonds is 11. The van der Waals surface area contributed by atoms with Crippen LogP contribution in [0.4, 0.5) is 8.78 Å². The molecule has 39 heavy (non-hydrogen) atoms. The van der Waals surface area contributed by atoms with Crippen LogP contribution >= 0.6 is 0 Å². The minimum Gasteiger partial charge on any atom is -0.346 e. The van der Waals surface area contributed by atoms with Crippen molar-refractivity contribution in [2.24, 2.45) is 0 Å². The second-order valence-corrected chi connectivity index (χ2v) is 9.86. The SMILES string of the molecule is C=C/C(=C\C(=C)C(F)(F)C(=O)NCC(=C)/C=C\C1=CCN(C2CCC(=O)NC2=O)C1=O)CN1CCN(C)CC1. The molecule has 0 spiro atoms. The highest BCUT2D eigenvalue weighted by Gasteiger charge is 2.41. The van der Waals surface area contributed by atoms with Crippen molar-refractivity contribution >= 4 is 23.6 Å². The van der Waals surface area contributed by atoms with Gasteiger partial charge in [-0.15, -0.1) is 0 Å². The maximum absolute atomic E-state index is 14.8. The molecule has 11 heteroatoms. The first-order chi connectivity index (χ1) is 18.4. The van der Waals surface area contributed by atoms with Crippen molar-refractivity contribution in [3.63, 3.8) is 0 Å². The zero-order valence-electron chi connectivity index (χ0n) is 22.2. The molecule has 0 aromatic carbocycles. The highest BCUT2D eigenvalue weighted by molar-refractivity contribution is 6.05. The number of imide groups is 1. The lowest BCUT2D eigenvalue weighted by Gasteiger charge is -2.32. The van der Waals surface area contributed by atoms with Crippen molar-refractivity contribution in [1.29, 1.82) is 0 Å². The first kappa shape index (κ1) is 29.9. The Kier molecular flexibility index (Phi) is 9.87. The third kappa shape index (κ3) is 7.67. The number of carbonyl (C=O) groups is 4. The van der Waals surface area contributed by atoms with Crippen LogP contribution in [-0.2, 0) is 19.2 Å². The van der Waals surface area contributed by atoms with Crippen molar-refractivity contribution in [3.05, 3.63) is 72.4 Å². The monoisotopic (exact) mass is 543 g/mol. The summed E-state index contributed by atoms with van der Waals surface area (Å²) in [6.07, 6.45) is 7.61. The van der Waals surface area contributed by atoms with Crippen molar-refractivity contribution in [2.45, 2.75) is 24.8 Å². The van der Waals surface area contributed by atoms with Crippen molar-refractivity contribution < 1.29 is 28.0 Å². The van der Waals surface area contributed by atoms with Crippen LogP contribution in [0.2, 0.25) is 0 Å². The predicted octanol–water partition coefficient (Wildman–Crippen LogP) is 1.34. The first-order valence-electron chi connectivity index (χ1n) is 12.7. The van der Waals surface area contributed by atoms with Gasteiger partial charge in [-0.05, 0) is 36.8 Å². The molecule has 0 aliphatic carbocycles. The van der Waals surface area contributed by atoms with Crippen LogP contribution in [0.1, 0.15) is 12.8 Å². The largest absolute Gasteiger partial charge is 0.349 e. The minimum absolute atomic E-state index is 0.153. The second kappa shape index (κ2) is 12.9. The van der Waals surface area contributed by atoms with E-state index in [2.05, 4.69) is 40.2 Å². The summed E-state index contributed by atoms with van der Waals surface area (Å²) in [5.74, 6) is -6.62. The van der Waals surface area contributed by atoms with Gasteiger partial charge in [0.1, 0.15) is 6.04 Å². The van der Waals surface area contributed by atoms with Crippen LogP contribution in [0.5, 0.6) is 0 Å². The Balaban J connectivity index is 1.49. The van der Waals surface area contributed by atoms with E-state index in [1.807, 2.05) is 7.05 Å². The van der Waals surface area contributed by atoms with Gasteiger partial charge in [-0.25, -0.2) is 0 Å². The van der Waals surface area contributed by atoms with Crippen molar-refractivity contribution in [2.75, 3.05) is 52.9 Å². The molecule has 3 aliphatic heterocycles. The third-order valence-corrected chi connectivity index (χ3v) is 6.89. The van der Waals surface area contributed by atoms with Gasteiger partial charge in [0.05, 0.1) is 0 Å². The summed E-state index contributed by atoms with van der Waals surface area (Å²) in [5, 5.41) is 4.39. The fourth-order valence-electron chi connectivity index (χ4n) is 4.39. The summed E-state index contributed by atoms with van der Waals surface area (Å²) in [7, 11) is 2.02. The van der Waals surface area contributed by atoms with E-state index in [9.17, 15) is 28.0 Å². The molecule has 0 saturated carbocycles. The molecule has 4 amide bonds. The van der Waals surface area contributed by atoms with E-state index in [-0.39, 0.29) is 43.3 Å². The normalized spacial score (nSPS) is 21.7. The van der Waals surface area contributed by atoms with Gasteiger partial charge in [0.15, 0.2) is 0 Å². The molecule has 0 radical (unpaired) electrons. The molecule has 3 rings (SSSR count). The Labute approximate surface area is 227 Å². The van der Waals surface area contributed by atoms with Crippen LogP contribution in [0.25, 0.3) is 0 Å². The topological polar surface area (TPSA) is 102 Å². The van der Waals surface area contributed by atoms with E-state index >= 15 is 0 Å². The van der Waals surface area contributed by atoms with E-state index in [0.717, 1.165) is 26.2 Å². The van der Waals surface area contributed by atoms with Gasteiger partial charge in [-0.3, -0.25) is 29.4 Å². The minimum atomic E-state index is -3.84. The average molecular weight is 544 g/mol. The summed E-state index contributed by atoms with van der Waals surface area (Å²) in [5.41, 5.74) is 0.495. The smallest absolute Gasteiger partial charge is 0.346 e. The number of carbonyl (C=O) groups excluding carboxylic acids is 4. The number of nitrogens with one attached hydrogen (secondary N) is 2. The van der Waals surface area contributed by atoms with Crippen LogP contribution < -0.4 is 10.6 Å². The summed E-state index contributed by atoms with van der Waals surface area (Å²) < 4.78 is 29.5. The molecule has 2 N–H and O–H groups in total. The zero-order chi connectivity index (χ0) is 28.7. The number of hydrogen-bond donors (Lipinski definition) is 2. The maximum Gasteiger partial charge on any atom is 0.349 e. The highest BCUT2D eigenvalue weighted by Crippen LogP contribution is 2.26. The summed E-state index contributed by atoms with van der Waals surface area (Å²) in [6.45, 7) is 14.6. The van der Waals surface area contributed by atoms with Crippen LogP contribution in [0, 0.1) is 0 Å². The fourth-order valence-corrected chi connectivity index (χ4v) is 4.39. The van der Waals surface area contributed by atoms with Gasteiger partial charge in [0, 0.05) is 63.4 Å². The standard InChI is InChI=1S/C28H35F2N5O4/c1-5-21(18-34-14-12-33(4)13-15-34)16-20(3)28(29,30)27(39)31-17-19(2)6-7-22-10-11-35(26(22)38)23-8-9-24(36)32-25(23)37/h5-7,10,16,23H,1-3,8-9,11-15,17-18H2,4H3,(H,31,39)(H,32,36,37)/b7-6-,21-16+. The molecule has 0 aromatic heterocycles. The highest BCUT2D eigenvalue weighted by atomic mass is 19.3. The van der Waals surface area contributed by atoms with Crippen LogP contribution in [0.3, 0.4) is 0 Å². The summed E-state index contributed by atoms with van der Waals surface area (Å²) in [4.78, 5) is 54.1. The number of piperazine rings is 1. The molecular formula is C28H35F2N5O4. The predicted molar refractivity (Wildman–Crippen MR) is 144 cm³/mol. The molecule has 0 bridgehead atoms. The first-order valence-corrected chi connectivity index (χ1v) is 12.7. The Morgan fingerprint density at radius 3 is 2.54 bits per heavy atom. The molecule has 1 atom stereocenters. The molecule has 2 fully saturated rings. The Bertz CT molecular complexity index is 1150. The maximum atomic E-state index is 14.8. The van der Waals surface area contributed by atoms with E-state index in [4.69, 9.17) is 0 Å². The van der Waals surface area contributed by atoms with Gasteiger partial charge in [-0.1, -0.05) is 38.0 Å². The number of piperidine rings is 1. The summed E-state index contributed by atoms with van der Waals surface area (Å²) in [6, 6.07) is -0.729. The molecule has 1 unspecified atom stereocenters. The lowest BCUT2D eigenvalue weighted by molar-refractivity contribution is -0.142. The van der Waals surface area contributed by atoms with Crippen LogP contribution in [-0.4, -0.2) is 103 Å². The number of allylic oxidation sites excluding steroid dienone is 1. The quantitative estimate of drug-likeness (QED) is 0.301. The third-order valence-electron chi connectivity index (χ3n) is 6.89. The Morgan fingerprint density at radius 2 is 1.90 bits per heavy atom. The van der Waals surface area contributed by atoms with Gasteiger partial charge in [0.25, 0.3) is 11.8 Å². The lowest BCUT2D eigenvalue weighted by atomic mass is 10.0. The fraction of sp³-hybridized carbons (Fsp3) is 0.429. The molecular weight excluding hydrogens is 508 g/mol. The Hall–Kier alpha value is -3.70. The molecule has 0 aromatic rings. The number of halogens is 2. The zero-order valence-corrected chi connectivity index (χ0v) is 22.2. The van der Waals surface area contributed by atoms with E-state index < -0.39 is 29.4 Å². The Morgan fingerprint density at radius 1 is 1.21 bits per heavy atom. The molecule has 3 heterocycles. The average Bonchev–Trinajstić information content (AvgIpc) is 3.26. The van der Waals surface area contributed by atoms with Crippen LogP contribution in [0.15, 0.2) is 72.4 Å². The van der Waals surface area contributed by atoms with Gasteiger partial charge >= 0.3 is 5.92 Å². The van der Waals surface area contributed by atoms with Crippen molar-refractivity contribution in [1.82, 2.24) is 25.3 Å². The number of amides is 4. The molecule has 9 nitrogen and oxygen atoms in total. The van der Waals surface area contributed by atoms with Crippen molar-refractivity contribution in [3.8, 4) is 0 Å². The number of alkyl halides is 2. The van der Waals surface area contributed by atoms with E-state index in [1.165, 1.54) is 29.2 Å². The second-order valence-electron chi connectivity index (χ2n) is 9.86. The van der Waals surface area contributed by atoms with Gasteiger partial charge in [-0.2, -0.15) is 8.78 Å².